The van der Waals surface area contributed by atoms with Crippen molar-refractivity contribution in [3.8, 4) is 11.3 Å². The van der Waals surface area contributed by atoms with E-state index >= 15 is 0 Å². The van der Waals surface area contributed by atoms with Crippen LogP contribution in [0.1, 0.15) is 36.1 Å². The van der Waals surface area contributed by atoms with Crippen molar-refractivity contribution in [1.82, 2.24) is 9.97 Å². The van der Waals surface area contributed by atoms with E-state index < -0.39 is 6.85 Å². The first-order valence-corrected chi connectivity index (χ1v) is 10.3. The zero-order valence-corrected chi connectivity index (χ0v) is 17.5. The molecule has 0 aliphatic heterocycles. The van der Waals surface area contributed by atoms with Gasteiger partial charge in [-0.15, -0.1) is 0 Å². The number of aryl methyl sites for hydroxylation is 1. The van der Waals surface area contributed by atoms with E-state index in [-0.39, 0.29) is 11.0 Å². The van der Waals surface area contributed by atoms with Crippen LogP contribution in [-0.2, 0) is 5.41 Å². The standard InChI is InChI=1S/C27H22N2O2/c1-15-9-10-16(19-13-22(27(2,3)4)29-14-28-19)25-23(15)18-11-12-21-24(26(18)31-25)17-7-5-6-8-20(17)30-21/h5-14H,1-4H3/i1D3. The fraction of sp³-hybridized carbons (Fsp3) is 0.185. The second-order valence-corrected chi connectivity index (χ2v) is 8.92. The largest absolute Gasteiger partial charge is 0.456 e. The summed E-state index contributed by atoms with van der Waals surface area (Å²) in [6, 6.07) is 16.9. The summed E-state index contributed by atoms with van der Waals surface area (Å²) in [6.07, 6.45) is 1.55. The van der Waals surface area contributed by atoms with E-state index in [0.717, 1.165) is 33.0 Å². The van der Waals surface area contributed by atoms with Crippen molar-refractivity contribution < 1.29 is 12.9 Å². The fourth-order valence-electron chi connectivity index (χ4n) is 4.26. The summed E-state index contributed by atoms with van der Waals surface area (Å²) in [5.41, 5.74) is 4.97. The summed E-state index contributed by atoms with van der Waals surface area (Å²) in [5.74, 6) is 0. The number of fused-ring (bicyclic) bond motifs is 7. The lowest BCUT2D eigenvalue weighted by Gasteiger charge is -2.17. The number of hydrogen-bond donors (Lipinski definition) is 0. The monoisotopic (exact) mass is 409 g/mol. The fourth-order valence-corrected chi connectivity index (χ4v) is 4.26. The van der Waals surface area contributed by atoms with Gasteiger partial charge in [0.2, 0.25) is 0 Å². The second-order valence-electron chi connectivity index (χ2n) is 8.92. The van der Waals surface area contributed by atoms with Crippen molar-refractivity contribution in [2.45, 2.75) is 33.0 Å². The lowest BCUT2D eigenvalue weighted by molar-refractivity contribution is 0.567. The molecule has 4 nitrogen and oxygen atoms in total. The first kappa shape index (κ1) is 15.2. The van der Waals surface area contributed by atoms with E-state index in [0.29, 0.717) is 27.8 Å². The molecule has 0 N–H and O–H groups in total. The maximum Gasteiger partial charge on any atom is 0.147 e. The molecule has 0 aliphatic rings. The highest BCUT2D eigenvalue weighted by Gasteiger charge is 2.21. The minimum atomic E-state index is -2.30. The molecule has 0 saturated heterocycles. The highest BCUT2D eigenvalue weighted by atomic mass is 16.3. The Bertz CT molecular complexity index is 1740. The lowest BCUT2D eigenvalue weighted by Crippen LogP contribution is -2.13. The van der Waals surface area contributed by atoms with Gasteiger partial charge in [0, 0.05) is 36.9 Å². The molecule has 0 aliphatic carbocycles. The van der Waals surface area contributed by atoms with Crippen LogP contribution in [0.2, 0.25) is 0 Å². The SMILES string of the molecule is [2H]C([2H])([2H])c1ccc(-c2cc(C(C)(C)C)ncn2)c2oc3c(ccc4oc5ccccc5c43)c12. The average Bonchev–Trinajstić information content (AvgIpc) is 3.35. The molecule has 0 spiro atoms. The van der Waals surface area contributed by atoms with Gasteiger partial charge in [-0.25, -0.2) is 9.97 Å². The maximum atomic E-state index is 8.17. The van der Waals surface area contributed by atoms with E-state index in [1.807, 2.05) is 42.5 Å². The number of aromatic nitrogens is 2. The van der Waals surface area contributed by atoms with Crippen LogP contribution in [0.15, 0.2) is 69.8 Å². The summed E-state index contributed by atoms with van der Waals surface area (Å²) in [7, 11) is 0. The van der Waals surface area contributed by atoms with Gasteiger partial charge in [-0.05, 0) is 42.7 Å². The Kier molecular flexibility index (Phi) is 3.02. The van der Waals surface area contributed by atoms with Crippen molar-refractivity contribution in [2.75, 3.05) is 0 Å². The zero-order chi connectivity index (χ0) is 23.8. The Morgan fingerprint density at radius 2 is 1.68 bits per heavy atom. The molecule has 152 valence electrons. The molecule has 0 bridgehead atoms. The van der Waals surface area contributed by atoms with Gasteiger partial charge in [0.15, 0.2) is 0 Å². The van der Waals surface area contributed by atoms with Crippen molar-refractivity contribution in [2.24, 2.45) is 0 Å². The summed E-state index contributed by atoms with van der Waals surface area (Å²) in [6.45, 7) is 3.97. The Morgan fingerprint density at radius 1 is 0.806 bits per heavy atom. The molecule has 0 amide bonds. The maximum absolute atomic E-state index is 8.17. The zero-order valence-electron chi connectivity index (χ0n) is 20.5. The number of rotatable bonds is 1. The molecule has 4 heteroatoms. The molecule has 3 aromatic heterocycles. The Balaban J connectivity index is 1.77. The molecular weight excluding hydrogens is 384 g/mol. The first-order valence-electron chi connectivity index (χ1n) is 11.8. The highest BCUT2D eigenvalue weighted by molar-refractivity contribution is 6.23. The van der Waals surface area contributed by atoms with E-state index in [2.05, 4.69) is 30.7 Å². The number of benzene rings is 3. The smallest absolute Gasteiger partial charge is 0.147 e. The minimum Gasteiger partial charge on any atom is -0.456 e. The predicted molar refractivity (Wildman–Crippen MR) is 125 cm³/mol. The van der Waals surface area contributed by atoms with Crippen LogP contribution in [0.5, 0.6) is 0 Å². The molecule has 6 aromatic rings. The topological polar surface area (TPSA) is 52.1 Å². The van der Waals surface area contributed by atoms with Crippen molar-refractivity contribution >= 4 is 43.9 Å². The van der Waals surface area contributed by atoms with Gasteiger partial charge < -0.3 is 8.83 Å². The van der Waals surface area contributed by atoms with E-state index in [1.165, 1.54) is 0 Å². The molecule has 0 unspecified atom stereocenters. The summed E-state index contributed by atoms with van der Waals surface area (Å²) >= 11 is 0. The predicted octanol–water partition coefficient (Wildman–Crippen LogP) is 7.55. The van der Waals surface area contributed by atoms with Crippen LogP contribution in [0.25, 0.3) is 55.1 Å². The normalized spacial score (nSPS) is 14.4. The van der Waals surface area contributed by atoms with Crippen LogP contribution in [0, 0.1) is 6.85 Å². The highest BCUT2D eigenvalue weighted by Crippen LogP contribution is 2.42. The third-order valence-electron chi connectivity index (χ3n) is 5.84. The Morgan fingerprint density at radius 3 is 2.52 bits per heavy atom. The molecular formula is C27H22N2O2. The molecule has 31 heavy (non-hydrogen) atoms. The Hall–Kier alpha value is -3.66. The summed E-state index contributed by atoms with van der Waals surface area (Å²) < 4.78 is 37.1. The van der Waals surface area contributed by atoms with Gasteiger partial charge in [0.25, 0.3) is 0 Å². The first-order chi connectivity index (χ1) is 16.1. The van der Waals surface area contributed by atoms with Gasteiger partial charge in [0.1, 0.15) is 28.7 Å². The number of nitrogens with zero attached hydrogens (tertiary/aromatic N) is 2. The average molecular weight is 410 g/mol. The Labute approximate surface area is 183 Å². The molecule has 0 atom stereocenters. The van der Waals surface area contributed by atoms with Crippen molar-refractivity contribution in [1.29, 1.82) is 0 Å². The van der Waals surface area contributed by atoms with Crippen LogP contribution in [0.4, 0.5) is 0 Å². The summed E-state index contributed by atoms with van der Waals surface area (Å²) in [5, 5.41) is 3.09. The second kappa shape index (κ2) is 6.17. The van der Waals surface area contributed by atoms with Gasteiger partial charge in [0.05, 0.1) is 11.1 Å². The molecule has 6 rings (SSSR count). The van der Waals surface area contributed by atoms with Crippen LogP contribution < -0.4 is 0 Å². The number of furan rings is 2. The number of para-hydroxylation sites is 1. The number of hydrogen-bond acceptors (Lipinski definition) is 4. The summed E-state index contributed by atoms with van der Waals surface area (Å²) in [4.78, 5) is 8.95. The third kappa shape index (κ3) is 2.61. The molecule has 0 radical (unpaired) electrons. The van der Waals surface area contributed by atoms with Gasteiger partial charge >= 0.3 is 0 Å². The van der Waals surface area contributed by atoms with E-state index in [4.69, 9.17) is 12.9 Å². The minimum absolute atomic E-state index is 0.162. The molecule has 0 fully saturated rings. The quantitative estimate of drug-likeness (QED) is 0.281. The van der Waals surface area contributed by atoms with E-state index in [9.17, 15) is 0 Å². The van der Waals surface area contributed by atoms with Crippen LogP contribution >= 0.6 is 0 Å². The lowest BCUT2D eigenvalue weighted by atomic mass is 9.91. The van der Waals surface area contributed by atoms with Gasteiger partial charge in [-0.2, -0.15) is 0 Å². The third-order valence-corrected chi connectivity index (χ3v) is 5.84. The van der Waals surface area contributed by atoms with Crippen molar-refractivity contribution in [3.63, 3.8) is 0 Å². The van der Waals surface area contributed by atoms with Crippen LogP contribution in [0.3, 0.4) is 0 Å². The van der Waals surface area contributed by atoms with Crippen LogP contribution in [-0.4, -0.2) is 9.97 Å². The van der Waals surface area contributed by atoms with Crippen molar-refractivity contribution in [3.05, 3.63) is 72.2 Å². The van der Waals surface area contributed by atoms with Gasteiger partial charge in [-0.3, -0.25) is 0 Å². The molecule has 3 aromatic carbocycles. The molecule has 3 heterocycles. The molecule has 0 saturated carbocycles. The van der Waals surface area contributed by atoms with Gasteiger partial charge in [-0.1, -0.05) is 45.0 Å². The van der Waals surface area contributed by atoms with E-state index in [1.54, 1.807) is 18.5 Å².